The molecule has 1 amide bonds. The zero-order chi connectivity index (χ0) is 14.7. The highest BCUT2D eigenvalue weighted by atomic mass is 16.2. The predicted octanol–water partition coefficient (Wildman–Crippen LogP) is 2.72. The van der Waals surface area contributed by atoms with E-state index >= 15 is 0 Å². The van der Waals surface area contributed by atoms with Crippen LogP contribution in [-0.2, 0) is 4.79 Å². The maximum absolute atomic E-state index is 12.1. The Bertz CT molecular complexity index is 668. The van der Waals surface area contributed by atoms with Crippen molar-refractivity contribution in [3.63, 3.8) is 0 Å². The van der Waals surface area contributed by atoms with Crippen molar-refractivity contribution in [2.45, 2.75) is 6.42 Å². The smallest absolute Gasteiger partial charge is 0.243 e. The molecule has 1 aliphatic heterocycles. The van der Waals surface area contributed by atoms with E-state index in [-0.39, 0.29) is 18.2 Å². The van der Waals surface area contributed by atoms with E-state index in [4.69, 9.17) is 0 Å². The van der Waals surface area contributed by atoms with Gasteiger partial charge in [0, 0.05) is 29.9 Å². The van der Waals surface area contributed by atoms with Gasteiger partial charge in [-0.1, -0.05) is 30.3 Å². The van der Waals surface area contributed by atoms with E-state index in [2.05, 4.69) is 5.32 Å². The van der Waals surface area contributed by atoms with Gasteiger partial charge in [-0.25, -0.2) is 0 Å². The average molecular weight is 280 g/mol. The number of fused-ring (bicyclic) bond motifs is 1. The van der Waals surface area contributed by atoms with Crippen LogP contribution >= 0.6 is 0 Å². The van der Waals surface area contributed by atoms with Crippen molar-refractivity contribution in [1.29, 1.82) is 0 Å². The highest BCUT2D eigenvalue weighted by Gasteiger charge is 2.23. The lowest BCUT2D eigenvalue weighted by atomic mass is 10.0. The van der Waals surface area contributed by atoms with Crippen LogP contribution in [0.4, 0.5) is 11.4 Å². The van der Waals surface area contributed by atoms with Gasteiger partial charge in [-0.05, 0) is 24.3 Å². The summed E-state index contributed by atoms with van der Waals surface area (Å²) >= 11 is 0. The molecule has 0 fully saturated rings. The largest absolute Gasteiger partial charge is 0.361 e. The van der Waals surface area contributed by atoms with Gasteiger partial charge in [-0.2, -0.15) is 0 Å². The number of nitrogens with one attached hydrogen (secondary N) is 1. The minimum atomic E-state index is -0.0784. The van der Waals surface area contributed by atoms with Crippen molar-refractivity contribution >= 4 is 23.1 Å². The van der Waals surface area contributed by atoms with Crippen molar-refractivity contribution < 1.29 is 9.59 Å². The van der Waals surface area contributed by atoms with E-state index in [0.717, 1.165) is 11.4 Å². The molecule has 4 nitrogen and oxygen atoms in total. The summed E-state index contributed by atoms with van der Waals surface area (Å²) in [4.78, 5) is 26.0. The summed E-state index contributed by atoms with van der Waals surface area (Å²) in [6.45, 7) is 0.831. The molecule has 4 heteroatoms. The van der Waals surface area contributed by atoms with Crippen molar-refractivity contribution in [2.75, 3.05) is 23.3 Å². The van der Waals surface area contributed by atoms with Gasteiger partial charge in [-0.3, -0.25) is 9.59 Å². The van der Waals surface area contributed by atoms with Crippen LogP contribution in [-0.4, -0.2) is 24.8 Å². The molecule has 0 bridgehead atoms. The van der Waals surface area contributed by atoms with Crippen LogP contribution in [0.3, 0.4) is 0 Å². The van der Waals surface area contributed by atoms with Crippen LogP contribution in [0.1, 0.15) is 16.8 Å². The number of nitrogens with zero attached hydrogens (tertiary/aromatic N) is 1. The molecule has 0 unspecified atom stereocenters. The van der Waals surface area contributed by atoms with Gasteiger partial charge in [0.2, 0.25) is 5.91 Å². The molecule has 0 radical (unpaired) electrons. The molecule has 2 aromatic rings. The lowest BCUT2D eigenvalue weighted by Gasteiger charge is -2.29. The van der Waals surface area contributed by atoms with E-state index in [9.17, 15) is 9.59 Å². The molecule has 2 aromatic carbocycles. The van der Waals surface area contributed by atoms with Crippen molar-refractivity contribution in [1.82, 2.24) is 0 Å². The number of para-hydroxylation sites is 2. The number of carbonyl (C=O) groups excluding carboxylic acids is 2. The Labute approximate surface area is 123 Å². The molecule has 0 saturated carbocycles. The number of hydrogen-bond acceptors (Lipinski definition) is 3. The number of carbonyl (C=O) groups is 2. The van der Waals surface area contributed by atoms with E-state index < -0.39 is 0 Å². The Morgan fingerprint density at radius 1 is 1.05 bits per heavy atom. The van der Waals surface area contributed by atoms with E-state index in [1.165, 1.54) is 0 Å². The monoisotopic (exact) mass is 280 g/mol. The molecular formula is C17H16N2O2. The van der Waals surface area contributed by atoms with Crippen molar-refractivity contribution in [3.8, 4) is 0 Å². The fraction of sp³-hybridized carbons (Fsp3) is 0.176. The second-order valence-corrected chi connectivity index (χ2v) is 5.03. The Morgan fingerprint density at radius 2 is 1.76 bits per heavy atom. The molecule has 3 rings (SSSR count). The molecule has 0 aromatic heterocycles. The number of anilines is 2. The first-order valence-electron chi connectivity index (χ1n) is 6.96. The van der Waals surface area contributed by atoms with Crippen LogP contribution in [0, 0.1) is 0 Å². The molecule has 0 atom stereocenters. The van der Waals surface area contributed by atoms with Gasteiger partial charge >= 0.3 is 0 Å². The van der Waals surface area contributed by atoms with Crippen LogP contribution in [0.15, 0.2) is 54.6 Å². The standard InChI is InChI=1S/C17H16N2O2/c20-16-10-11-19(15-9-5-4-8-14(15)16)12-17(21)18-13-6-2-1-3-7-13/h1-9H,10-12H2,(H,18,21). The summed E-state index contributed by atoms with van der Waals surface area (Å²) in [5.41, 5.74) is 2.33. The van der Waals surface area contributed by atoms with Gasteiger partial charge < -0.3 is 10.2 Å². The Kier molecular flexibility index (Phi) is 3.69. The molecule has 1 aliphatic rings. The SMILES string of the molecule is O=C(CN1CCC(=O)c2ccccc21)Nc1ccccc1. The first-order chi connectivity index (χ1) is 10.2. The summed E-state index contributed by atoms with van der Waals surface area (Å²) in [7, 11) is 0. The third kappa shape index (κ3) is 2.94. The number of Topliss-reactive ketones (excluding diaryl/α,β-unsaturated/α-hetero) is 1. The van der Waals surface area contributed by atoms with Crippen molar-refractivity contribution in [2.24, 2.45) is 0 Å². The van der Waals surface area contributed by atoms with Gasteiger partial charge in [0.15, 0.2) is 5.78 Å². The van der Waals surface area contributed by atoms with Crippen LogP contribution in [0.25, 0.3) is 0 Å². The Morgan fingerprint density at radius 3 is 2.57 bits per heavy atom. The molecule has 1 heterocycles. The van der Waals surface area contributed by atoms with Gasteiger partial charge in [0.05, 0.1) is 6.54 Å². The van der Waals surface area contributed by atoms with Gasteiger partial charge in [0.1, 0.15) is 0 Å². The van der Waals surface area contributed by atoms with E-state index in [1.54, 1.807) is 0 Å². The second kappa shape index (κ2) is 5.79. The number of hydrogen-bond donors (Lipinski definition) is 1. The zero-order valence-corrected chi connectivity index (χ0v) is 11.6. The van der Waals surface area contributed by atoms with Crippen molar-refractivity contribution in [3.05, 3.63) is 60.2 Å². The van der Waals surface area contributed by atoms with Crippen LogP contribution < -0.4 is 10.2 Å². The summed E-state index contributed by atoms with van der Waals surface area (Å²) in [5, 5.41) is 2.87. The molecule has 0 aliphatic carbocycles. The average Bonchev–Trinajstić information content (AvgIpc) is 2.51. The highest BCUT2D eigenvalue weighted by Crippen LogP contribution is 2.26. The maximum Gasteiger partial charge on any atom is 0.243 e. The predicted molar refractivity (Wildman–Crippen MR) is 82.7 cm³/mol. The molecule has 0 saturated heterocycles. The third-order valence-corrected chi connectivity index (χ3v) is 3.55. The van der Waals surface area contributed by atoms with E-state index in [0.29, 0.717) is 18.5 Å². The first-order valence-corrected chi connectivity index (χ1v) is 6.96. The Balaban J connectivity index is 1.72. The molecule has 1 N–H and O–H groups in total. The Hall–Kier alpha value is -2.62. The second-order valence-electron chi connectivity index (χ2n) is 5.03. The first kappa shape index (κ1) is 13.4. The number of ketones is 1. The van der Waals surface area contributed by atoms with Crippen LogP contribution in [0.2, 0.25) is 0 Å². The summed E-state index contributed by atoms with van der Waals surface area (Å²) in [6, 6.07) is 16.8. The summed E-state index contributed by atoms with van der Waals surface area (Å²) in [5.74, 6) is 0.0654. The fourth-order valence-corrected chi connectivity index (χ4v) is 2.54. The number of amides is 1. The number of benzene rings is 2. The molecular weight excluding hydrogens is 264 g/mol. The third-order valence-electron chi connectivity index (χ3n) is 3.55. The quantitative estimate of drug-likeness (QED) is 0.940. The summed E-state index contributed by atoms with van der Waals surface area (Å²) in [6.07, 6.45) is 0.454. The molecule has 21 heavy (non-hydrogen) atoms. The lowest BCUT2D eigenvalue weighted by molar-refractivity contribution is -0.115. The fourth-order valence-electron chi connectivity index (χ4n) is 2.54. The van der Waals surface area contributed by atoms with Gasteiger partial charge in [-0.15, -0.1) is 0 Å². The zero-order valence-electron chi connectivity index (χ0n) is 11.6. The minimum Gasteiger partial charge on any atom is -0.361 e. The lowest BCUT2D eigenvalue weighted by Crippen LogP contribution is -2.38. The van der Waals surface area contributed by atoms with E-state index in [1.807, 2.05) is 59.5 Å². The van der Waals surface area contributed by atoms with Crippen LogP contribution in [0.5, 0.6) is 0 Å². The van der Waals surface area contributed by atoms with Gasteiger partial charge in [0.25, 0.3) is 0 Å². The number of rotatable bonds is 3. The normalized spacial score (nSPS) is 13.7. The summed E-state index contributed by atoms with van der Waals surface area (Å²) < 4.78 is 0. The topological polar surface area (TPSA) is 49.4 Å². The maximum atomic E-state index is 12.1. The minimum absolute atomic E-state index is 0.0784. The molecule has 106 valence electrons. The molecule has 0 spiro atoms. The highest BCUT2D eigenvalue weighted by molar-refractivity contribution is 6.04.